The highest BCUT2D eigenvalue weighted by atomic mass is 19.2. The van der Waals surface area contributed by atoms with E-state index < -0.39 is 29.0 Å². The van der Waals surface area contributed by atoms with Gasteiger partial charge in [-0.1, -0.05) is 20.8 Å². The summed E-state index contributed by atoms with van der Waals surface area (Å²) < 4.78 is 40.5. The Morgan fingerprint density at radius 3 is 2.45 bits per heavy atom. The monoisotopic (exact) mass is 439 g/mol. The molecule has 5 nitrogen and oxygen atoms in total. The summed E-state index contributed by atoms with van der Waals surface area (Å²) in [4.78, 5) is 29.4. The number of fused-ring (bicyclic) bond motifs is 1. The first-order chi connectivity index (χ1) is 14.3. The Balaban J connectivity index is 1.63. The van der Waals surface area contributed by atoms with Crippen molar-refractivity contribution in [3.63, 3.8) is 0 Å². The van der Waals surface area contributed by atoms with E-state index in [0.717, 1.165) is 12.5 Å². The zero-order valence-corrected chi connectivity index (χ0v) is 18.7. The van der Waals surface area contributed by atoms with Crippen molar-refractivity contribution in [1.82, 2.24) is 9.80 Å². The number of nitrogens with two attached hydrogens (primary N) is 1. The average Bonchev–Trinajstić information content (AvgIpc) is 3.11. The quantitative estimate of drug-likeness (QED) is 0.717. The summed E-state index contributed by atoms with van der Waals surface area (Å²) in [5.41, 5.74) is 5.46. The lowest BCUT2D eigenvalue weighted by molar-refractivity contribution is -0.138. The molecule has 1 aromatic rings. The van der Waals surface area contributed by atoms with Crippen LogP contribution in [0.15, 0.2) is 12.1 Å². The Bertz CT molecular complexity index is 870. The van der Waals surface area contributed by atoms with Gasteiger partial charge in [0.1, 0.15) is 5.82 Å². The zero-order valence-electron chi connectivity index (χ0n) is 18.7. The standard InChI is InChI=1S/C23H32F3N3O2/c1-22(2,3)11-21(31)28-12-15-5-6-29(23(15,4)13-28)20(30)9-16(27)7-14-8-18(25)19(26)10-17(14)24/h8,10,15-16H,5-7,9,11-13,27H2,1-4H3/t15?,16-,23?/m1/s1. The van der Waals surface area contributed by atoms with Crippen LogP contribution >= 0.6 is 0 Å². The van der Waals surface area contributed by atoms with Crippen LogP contribution in [0.1, 0.15) is 52.5 Å². The van der Waals surface area contributed by atoms with E-state index in [4.69, 9.17) is 5.73 Å². The highest BCUT2D eigenvalue weighted by molar-refractivity contribution is 5.80. The first-order valence-corrected chi connectivity index (χ1v) is 10.8. The Kier molecular flexibility index (Phi) is 6.42. The highest BCUT2D eigenvalue weighted by Crippen LogP contribution is 2.42. The maximum Gasteiger partial charge on any atom is 0.224 e. The van der Waals surface area contributed by atoms with Crippen LogP contribution in [0.5, 0.6) is 0 Å². The lowest BCUT2D eigenvalue weighted by Gasteiger charge is -2.36. The van der Waals surface area contributed by atoms with Gasteiger partial charge in [0.15, 0.2) is 11.6 Å². The summed E-state index contributed by atoms with van der Waals surface area (Å²) >= 11 is 0. The summed E-state index contributed by atoms with van der Waals surface area (Å²) in [7, 11) is 0. The SMILES string of the molecule is CC(C)(C)CC(=O)N1CC2CCN(C(=O)C[C@H](N)Cc3cc(F)c(F)cc3F)C2(C)C1. The number of nitrogens with zero attached hydrogens (tertiary/aromatic N) is 2. The number of hydrogen-bond acceptors (Lipinski definition) is 3. The van der Waals surface area contributed by atoms with Crippen LogP contribution in [0.3, 0.4) is 0 Å². The van der Waals surface area contributed by atoms with Gasteiger partial charge >= 0.3 is 0 Å². The van der Waals surface area contributed by atoms with E-state index in [2.05, 4.69) is 0 Å². The largest absolute Gasteiger partial charge is 0.340 e. The van der Waals surface area contributed by atoms with Gasteiger partial charge in [-0.25, -0.2) is 13.2 Å². The van der Waals surface area contributed by atoms with Crippen molar-refractivity contribution >= 4 is 11.8 Å². The number of amides is 2. The molecule has 1 aromatic carbocycles. The van der Waals surface area contributed by atoms with Crippen LogP contribution < -0.4 is 5.73 Å². The van der Waals surface area contributed by atoms with Gasteiger partial charge in [0, 0.05) is 50.5 Å². The Hall–Kier alpha value is -2.09. The molecule has 0 bridgehead atoms. The van der Waals surface area contributed by atoms with Gasteiger partial charge in [-0.3, -0.25) is 9.59 Å². The number of halogens is 3. The summed E-state index contributed by atoms with van der Waals surface area (Å²) in [5.74, 6) is -3.13. The van der Waals surface area contributed by atoms with Crippen molar-refractivity contribution in [2.75, 3.05) is 19.6 Å². The van der Waals surface area contributed by atoms with Crippen LogP contribution in [0, 0.1) is 28.8 Å². The molecule has 3 atom stereocenters. The highest BCUT2D eigenvalue weighted by Gasteiger charge is 2.53. The first kappa shape index (κ1) is 23.6. The van der Waals surface area contributed by atoms with Crippen LogP contribution in [0.25, 0.3) is 0 Å². The lowest BCUT2D eigenvalue weighted by atomic mass is 9.90. The zero-order chi connectivity index (χ0) is 23.1. The summed E-state index contributed by atoms with van der Waals surface area (Å²) in [5, 5.41) is 0. The minimum absolute atomic E-state index is 0.0311. The molecule has 2 N–H and O–H groups in total. The third-order valence-electron chi connectivity index (χ3n) is 6.49. The molecule has 0 aromatic heterocycles. The Labute approximate surface area is 181 Å². The molecule has 0 spiro atoms. The molecule has 2 heterocycles. The smallest absolute Gasteiger partial charge is 0.224 e. The molecule has 31 heavy (non-hydrogen) atoms. The van der Waals surface area contributed by atoms with E-state index in [0.29, 0.717) is 32.1 Å². The minimum Gasteiger partial charge on any atom is -0.340 e. The van der Waals surface area contributed by atoms with Gasteiger partial charge in [0.25, 0.3) is 0 Å². The average molecular weight is 440 g/mol. The number of carbonyl (C=O) groups is 2. The lowest BCUT2D eigenvalue weighted by Crippen LogP contribution is -2.51. The molecule has 0 saturated carbocycles. The van der Waals surface area contributed by atoms with Crippen molar-refractivity contribution in [3.8, 4) is 0 Å². The van der Waals surface area contributed by atoms with Gasteiger partial charge in [0.2, 0.25) is 11.8 Å². The molecular weight excluding hydrogens is 407 g/mol. The van der Waals surface area contributed by atoms with Crippen LogP contribution in [-0.2, 0) is 16.0 Å². The number of rotatable bonds is 5. The van der Waals surface area contributed by atoms with E-state index in [-0.39, 0.29) is 41.6 Å². The fourth-order valence-corrected chi connectivity index (χ4v) is 4.87. The molecule has 2 aliphatic heterocycles. The van der Waals surface area contributed by atoms with Crippen molar-refractivity contribution < 1.29 is 22.8 Å². The predicted octanol–water partition coefficient (Wildman–Crippen LogP) is 3.25. The second-order valence-electron chi connectivity index (χ2n) is 10.4. The van der Waals surface area contributed by atoms with Crippen molar-refractivity contribution in [1.29, 1.82) is 0 Å². The fraction of sp³-hybridized carbons (Fsp3) is 0.652. The maximum absolute atomic E-state index is 13.9. The molecule has 2 aliphatic rings. The molecule has 3 rings (SSSR count). The van der Waals surface area contributed by atoms with Crippen molar-refractivity contribution in [2.45, 2.75) is 65.0 Å². The maximum atomic E-state index is 13.9. The van der Waals surface area contributed by atoms with Crippen LogP contribution in [-0.4, -0.2) is 52.8 Å². The third-order valence-corrected chi connectivity index (χ3v) is 6.49. The van der Waals surface area contributed by atoms with E-state index in [1.54, 1.807) is 4.90 Å². The molecule has 2 saturated heterocycles. The number of hydrogen-bond donors (Lipinski definition) is 1. The Morgan fingerprint density at radius 1 is 1.16 bits per heavy atom. The van der Waals surface area contributed by atoms with E-state index in [9.17, 15) is 22.8 Å². The van der Waals surface area contributed by atoms with Gasteiger partial charge in [0.05, 0.1) is 5.54 Å². The number of carbonyl (C=O) groups excluding carboxylic acids is 2. The molecule has 0 aliphatic carbocycles. The first-order valence-electron chi connectivity index (χ1n) is 10.8. The third kappa shape index (κ3) is 5.05. The number of likely N-dealkylation sites (tertiary alicyclic amines) is 2. The molecule has 2 fully saturated rings. The molecular formula is C23H32F3N3O2. The number of benzene rings is 1. The van der Waals surface area contributed by atoms with E-state index in [1.807, 2.05) is 32.6 Å². The second kappa shape index (κ2) is 8.45. The van der Waals surface area contributed by atoms with Gasteiger partial charge < -0.3 is 15.5 Å². The van der Waals surface area contributed by atoms with Crippen LogP contribution in [0.4, 0.5) is 13.2 Å². The van der Waals surface area contributed by atoms with E-state index >= 15 is 0 Å². The molecule has 2 unspecified atom stereocenters. The fourth-order valence-electron chi connectivity index (χ4n) is 4.87. The molecule has 0 radical (unpaired) electrons. The summed E-state index contributed by atoms with van der Waals surface area (Å²) in [6.07, 6.45) is 1.17. The predicted molar refractivity (Wildman–Crippen MR) is 111 cm³/mol. The van der Waals surface area contributed by atoms with Crippen LogP contribution in [0.2, 0.25) is 0 Å². The normalized spacial score (nSPS) is 24.5. The minimum atomic E-state index is -1.26. The second-order valence-corrected chi connectivity index (χ2v) is 10.4. The van der Waals surface area contributed by atoms with Gasteiger partial charge in [-0.2, -0.15) is 0 Å². The summed E-state index contributed by atoms with van der Waals surface area (Å²) in [6, 6.07) is 0.555. The Morgan fingerprint density at radius 2 is 1.81 bits per heavy atom. The topological polar surface area (TPSA) is 66.6 Å². The molecule has 2 amide bonds. The van der Waals surface area contributed by atoms with E-state index in [1.165, 1.54) is 0 Å². The van der Waals surface area contributed by atoms with Gasteiger partial charge in [-0.15, -0.1) is 0 Å². The van der Waals surface area contributed by atoms with Crippen molar-refractivity contribution in [3.05, 3.63) is 35.1 Å². The van der Waals surface area contributed by atoms with Crippen molar-refractivity contribution in [2.24, 2.45) is 17.1 Å². The summed E-state index contributed by atoms with van der Waals surface area (Å²) in [6.45, 7) is 9.80. The molecule has 172 valence electrons. The van der Waals surface area contributed by atoms with Gasteiger partial charge in [-0.05, 0) is 36.8 Å². The molecule has 8 heteroatoms.